The maximum atomic E-state index is 11.8. The van der Waals surface area contributed by atoms with Gasteiger partial charge in [-0.05, 0) is 33.6 Å². The fraction of sp³-hybridized carbons (Fsp3) is 0.800. The molecule has 0 aliphatic rings. The molecule has 0 saturated carbocycles. The summed E-state index contributed by atoms with van der Waals surface area (Å²) in [5, 5.41) is 11.2. The number of hydrogen-bond acceptors (Lipinski definition) is 5. The van der Waals surface area contributed by atoms with E-state index in [9.17, 15) is 14.4 Å². The maximum absolute atomic E-state index is 11.8. The van der Waals surface area contributed by atoms with Crippen molar-refractivity contribution < 1.29 is 29.0 Å². The summed E-state index contributed by atoms with van der Waals surface area (Å²) in [5.74, 6) is -1.23. The van der Waals surface area contributed by atoms with Crippen LogP contribution in [-0.2, 0) is 19.1 Å². The first-order valence-corrected chi connectivity index (χ1v) is 7.42. The SMILES string of the molecule is COC(=O)C[C@@H](CCCCCC(=O)O)NC(=O)OC(C)(C)C. The number of nitrogens with one attached hydrogen (secondary N) is 1. The van der Waals surface area contributed by atoms with Gasteiger partial charge in [0.2, 0.25) is 0 Å². The van der Waals surface area contributed by atoms with Gasteiger partial charge in [-0.2, -0.15) is 0 Å². The van der Waals surface area contributed by atoms with E-state index >= 15 is 0 Å². The van der Waals surface area contributed by atoms with E-state index in [1.807, 2.05) is 0 Å². The molecule has 0 saturated heterocycles. The molecule has 0 unspecified atom stereocenters. The summed E-state index contributed by atoms with van der Waals surface area (Å²) in [4.78, 5) is 33.6. The molecule has 1 atom stereocenters. The predicted octanol–water partition coefficient (Wildman–Crippen LogP) is 2.48. The van der Waals surface area contributed by atoms with Gasteiger partial charge in [-0.25, -0.2) is 4.79 Å². The molecule has 22 heavy (non-hydrogen) atoms. The lowest BCUT2D eigenvalue weighted by Crippen LogP contribution is -2.40. The number of carboxylic acid groups (broad SMARTS) is 1. The van der Waals surface area contributed by atoms with E-state index in [0.29, 0.717) is 19.3 Å². The van der Waals surface area contributed by atoms with Gasteiger partial charge in [0.15, 0.2) is 0 Å². The Kier molecular flexibility index (Phi) is 9.21. The van der Waals surface area contributed by atoms with Gasteiger partial charge in [0.25, 0.3) is 0 Å². The number of hydrogen-bond donors (Lipinski definition) is 2. The van der Waals surface area contributed by atoms with E-state index in [-0.39, 0.29) is 18.9 Å². The molecule has 7 nitrogen and oxygen atoms in total. The van der Waals surface area contributed by atoms with Gasteiger partial charge < -0.3 is 19.9 Å². The van der Waals surface area contributed by atoms with Crippen LogP contribution in [-0.4, -0.2) is 41.9 Å². The maximum Gasteiger partial charge on any atom is 0.407 e. The molecule has 0 aliphatic heterocycles. The fourth-order valence-corrected chi connectivity index (χ4v) is 1.83. The molecule has 7 heteroatoms. The number of rotatable bonds is 9. The van der Waals surface area contributed by atoms with Crippen LogP contribution >= 0.6 is 0 Å². The van der Waals surface area contributed by atoms with Gasteiger partial charge in [-0.1, -0.05) is 12.8 Å². The van der Waals surface area contributed by atoms with E-state index in [0.717, 1.165) is 6.42 Å². The van der Waals surface area contributed by atoms with Crippen LogP contribution in [0, 0.1) is 0 Å². The van der Waals surface area contributed by atoms with E-state index in [2.05, 4.69) is 10.1 Å². The molecule has 128 valence electrons. The van der Waals surface area contributed by atoms with Crippen LogP contribution in [0.25, 0.3) is 0 Å². The minimum absolute atomic E-state index is 0.0642. The molecular weight excluding hydrogens is 290 g/mol. The van der Waals surface area contributed by atoms with Gasteiger partial charge in [0.1, 0.15) is 5.60 Å². The van der Waals surface area contributed by atoms with Crippen LogP contribution in [0.15, 0.2) is 0 Å². The van der Waals surface area contributed by atoms with Crippen LogP contribution in [0.4, 0.5) is 4.79 Å². The number of alkyl carbamates (subject to hydrolysis) is 1. The number of carbonyl (C=O) groups is 3. The van der Waals surface area contributed by atoms with Gasteiger partial charge in [0.05, 0.1) is 13.5 Å². The van der Waals surface area contributed by atoms with E-state index in [1.54, 1.807) is 20.8 Å². The number of unbranched alkanes of at least 4 members (excludes halogenated alkanes) is 2. The second-order valence-electron chi connectivity index (χ2n) is 6.12. The molecule has 0 aromatic carbocycles. The standard InChI is InChI=1S/C15H27NO6/c1-15(2,3)22-14(20)16-11(10-13(19)21-4)8-6-5-7-9-12(17)18/h11H,5-10H2,1-4H3,(H,16,20)(H,17,18)/t11-/m1/s1. The number of carboxylic acids is 1. The van der Waals surface area contributed by atoms with Crippen molar-refractivity contribution in [3.63, 3.8) is 0 Å². The van der Waals surface area contributed by atoms with E-state index in [1.165, 1.54) is 7.11 Å². The molecule has 0 bridgehead atoms. The monoisotopic (exact) mass is 317 g/mol. The van der Waals surface area contributed by atoms with Crippen molar-refractivity contribution in [1.82, 2.24) is 5.32 Å². The summed E-state index contributed by atoms with van der Waals surface area (Å²) >= 11 is 0. The molecule has 0 rings (SSSR count). The zero-order valence-corrected chi connectivity index (χ0v) is 13.8. The average Bonchev–Trinajstić information content (AvgIpc) is 2.35. The summed E-state index contributed by atoms with van der Waals surface area (Å²) in [6.45, 7) is 5.27. The summed E-state index contributed by atoms with van der Waals surface area (Å²) in [7, 11) is 1.29. The molecule has 0 aliphatic carbocycles. The first-order valence-electron chi connectivity index (χ1n) is 7.42. The highest BCUT2D eigenvalue weighted by molar-refractivity contribution is 5.72. The lowest BCUT2D eigenvalue weighted by molar-refractivity contribution is -0.141. The topological polar surface area (TPSA) is 102 Å². The summed E-state index contributed by atoms with van der Waals surface area (Å²) in [6.07, 6.45) is 2.19. The van der Waals surface area contributed by atoms with Crippen molar-refractivity contribution in [2.24, 2.45) is 0 Å². The minimum atomic E-state index is -0.821. The van der Waals surface area contributed by atoms with Crippen molar-refractivity contribution in [3.05, 3.63) is 0 Å². The van der Waals surface area contributed by atoms with Gasteiger partial charge in [0, 0.05) is 12.5 Å². The lowest BCUT2D eigenvalue weighted by atomic mass is 10.0. The summed E-state index contributed by atoms with van der Waals surface area (Å²) < 4.78 is 9.78. The van der Waals surface area contributed by atoms with Crippen molar-refractivity contribution in [2.75, 3.05) is 7.11 Å². The van der Waals surface area contributed by atoms with Crippen LogP contribution in [0.5, 0.6) is 0 Å². The molecule has 1 amide bonds. The smallest absolute Gasteiger partial charge is 0.407 e. The Balaban J connectivity index is 4.28. The van der Waals surface area contributed by atoms with Gasteiger partial charge in [-0.15, -0.1) is 0 Å². The number of aliphatic carboxylic acids is 1. The molecule has 0 aromatic heterocycles. The molecule has 0 heterocycles. The third-order valence-electron chi connectivity index (χ3n) is 2.80. The minimum Gasteiger partial charge on any atom is -0.481 e. The number of esters is 1. The van der Waals surface area contributed by atoms with Crippen LogP contribution in [0.3, 0.4) is 0 Å². The molecule has 0 aromatic rings. The Morgan fingerprint density at radius 2 is 1.77 bits per heavy atom. The Labute approximate surface area is 131 Å². The van der Waals surface area contributed by atoms with Gasteiger partial charge in [-0.3, -0.25) is 9.59 Å². The Hall–Kier alpha value is -1.79. The van der Waals surface area contributed by atoms with Crippen LogP contribution < -0.4 is 5.32 Å². The second-order valence-corrected chi connectivity index (χ2v) is 6.12. The highest BCUT2D eigenvalue weighted by Crippen LogP contribution is 2.11. The van der Waals surface area contributed by atoms with Crippen molar-refractivity contribution >= 4 is 18.0 Å². The predicted molar refractivity (Wildman–Crippen MR) is 80.5 cm³/mol. The zero-order valence-electron chi connectivity index (χ0n) is 13.8. The molecule has 0 radical (unpaired) electrons. The Bertz CT molecular complexity index is 375. The molecular formula is C15H27NO6. The average molecular weight is 317 g/mol. The largest absolute Gasteiger partial charge is 0.481 e. The summed E-state index contributed by atoms with van der Waals surface area (Å²) in [5.41, 5.74) is -0.610. The molecule has 2 N–H and O–H groups in total. The highest BCUT2D eigenvalue weighted by atomic mass is 16.6. The first kappa shape index (κ1) is 20.2. The Morgan fingerprint density at radius 3 is 2.27 bits per heavy atom. The van der Waals surface area contributed by atoms with Crippen molar-refractivity contribution in [1.29, 1.82) is 0 Å². The number of carbonyl (C=O) groups excluding carboxylic acids is 2. The van der Waals surface area contributed by atoms with Crippen molar-refractivity contribution in [3.8, 4) is 0 Å². The van der Waals surface area contributed by atoms with Gasteiger partial charge >= 0.3 is 18.0 Å². The number of methoxy groups -OCH3 is 1. The third-order valence-corrected chi connectivity index (χ3v) is 2.80. The summed E-state index contributed by atoms with van der Waals surface area (Å²) in [6, 6.07) is -0.382. The van der Waals surface area contributed by atoms with E-state index in [4.69, 9.17) is 9.84 Å². The quantitative estimate of drug-likeness (QED) is 0.500. The lowest BCUT2D eigenvalue weighted by Gasteiger charge is -2.23. The van der Waals surface area contributed by atoms with Crippen molar-refractivity contribution in [2.45, 2.75) is 70.9 Å². The fourth-order valence-electron chi connectivity index (χ4n) is 1.83. The normalized spacial score (nSPS) is 12.4. The third kappa shape index (κ3) is 12.0. The number of amides is 1. The highest BCUT2D eigenvalue weighted by Gasteiger charge is 2.21. The first-order chi connectivity index (χ1) is 10.1. The molecule has 0 spiro atoms. The number of ether oxygens (including phenoxy) is 2. The zero-order chi connectivity index (χ0) is 17.2. The van der Waals surface area contributed by atoms with E-state index < -0.39 is 23.6 Å². The van der Waals surface area contributed by atoms with Crippen LogP contribution in [0.1, 0.15) is 59.3 Å². The molecule has 0 fully saturated rings. The van der Waals surface area contributed by atoms with Crippen LogP contribution in [0.2, 0.25) is 0 Å². The second kappa shape index (κ2) is 10.0. The Morgan fingerprint density at radius 1 is 1.14 bits per heavy atom.